The third kappa shape index (κ3) is 4.70. The second-order valence-corrected chi connectivity index (χ2v) is 7.11. The van der Waals surface area contributed by atoms with Gasteiger partial charge in [0.15, 0.2) is 0 Å². The van der Waals surface area contributed by atoms with E-state index in [1.165, 1.54) is 24.3 Å². The van der Waals surface area contributed by atoms with Crippen LogP contribution >= 0.6 is 46.4 Å². The Morgan fingerprint density at radius 3 is 1.21 bits per heavy atom. The fourth-order valence-corrected chi connectivity index (χ4v) is 2.26. The smallest absolute Gasteiger partial charge is 0.288 e. The third-order valence-corrected chi connectivity index (χ3v) is 3.79. The lowest BCUT2D eigenvalue weighted by molar-refractivity contribution is -0.317. The molecule has 0 spiro atoms. The Kier molecular flexibility index (Phi) is 6.26. The van der Waals surface area contributed by atoms with Crippen LogP contribution in [0.15, 0.2) is 60.7 Å². The highest BCUT2D eigenvalue weighted by Crippen LogP contribution is 2.34. The van der Waals surface area contributed by atoms with Crippen molar-refractivity contribution in [2.24, 2.45) is 0 Å². The summed E-state index contributed by atoms with van der Waals surface area (Å²) in [5, 5.41) is 0. The summed E-state index contributed by atoms with van der Waals surface area (Å²) < 4.78 is -4.87. The van der Waals surface area contributed by atoms with E-state index < -0.39 is 20.6 Å². The van der Waals surface area contributed by atoms with E-state index in [9.17, 15) is 9.59 Å². The molecule has 0 fully saturated rings. The summed E-state index contributed by atoms with van der Waals surface area (Å²) in [7, 11) is 0. The number of halogens is 4. The molecule has 0 N–H and O–H groups in total. The van der Waals surface area contributed by atoms with Crippen LogP contribution in [0.25, 0.3) is 0 Å². The Labute approximate surface area is 158 Å². The normalized spacial score (nSPS) is 12.0. The maximum Gasteiger partial charge on any atom is 0.313 e. The number of rotatable bonds is 7. The van der Waals surface area contributed by atoms with E-state index in [-0.39, 0.29) is 11.1 Å². The molecular formula is C16H10Cl4O4. The largest absolute Gasteiger partial charge is 0.313 e. The van der Waals surface area contributed by atoms with Gasteiger partial charge in [0.1, 0.15) is 0 Å². The lowest BCUT2D eigenvalue weighted by atomic mass is 10.1. The van der Waals surface area contributed by atoms with Gasteiger partial charge in [0, 0.05) is 11.1 Å². The fourth-order valence-electron chi connectivity index (χ4n) is 1.70. The zero-order valence-corrected chi connectivity index (χ0v) is 14.9. The third-order valence-electron chi connectivity index (χ3n) is 2.85. The topological polar surface area (TPSA) is 52.6 Å². The number of benzene rings is 2. The number of alkyl halides is 4. The van der Waals surface area contributed by atoms with Crippen LogP contribution in [0.3, 0.4) is 0 Å². The molecule has 0 bridgehead atoms. The molecule has 2 aromatic carbocycles. The Balaban J connectivity index is 2.07. The van der Waals surface area contributed by atoms with Gasteiger partial charge in [0.05, 0.1) is 0 Å². The molecule has 0 aliphatic carbocycles. The predicted molar refractivity (Wildman–Crippen MR) is 92.6 cm³/mol. The number of hydrogen-bond donors (Lipinski definition) is 0. The first-order chi connectivity index (χ1) is 11.2. The van der Waals surface area contributed by atoms with Gasteiger partial charge in [0.2, 0.25) is 11.6 Å². The van der Waals surface area contributed by atoms with Gasteiger partial charge < -0.3 is 0 Å². The van der Waals surface area contributed by atoms with Crippen LogP contribution in [0, 0.1) is 0 Å². The maximum atomic E-state index is 12.2. The Bertz CT molecular complexity index is 654. The van der Waals surface area contributed by atoms with Crippen LogP contribution in [0.4, 0.5) is 0 Å². The van der Waals surface area contributed by atoms with Crippen molar-refractivity contribution >= 4 is 58.0 Å². The van der Waals surface area contributed by atoms with Crippen molar-refractivity contribution in [3.63, 3.8) is 0 Å². The number of ketones is 2. The molecule has 126 valence electrons. The molecule has 4 nitrogen and oxygen atoms in total. The van der Waals surface area contributed by atoms with Crippen molar-refractivity contribution in [3.8, 4) is 0 Å². The summed E-state index contributed by atoms with van der Waals surface area (Å²) >= 11 is 23.3. The molecule has 0 unspecified atom stereocenters. The van der Waals surface area contributed by atoms with Crippen molar-refractivity contribution in [1.82, 2.24) is 0 Å². The first-order valence-corrected chi connectivity index (χ1v) is 8.07. The molecule has 0 atom stereocenters. The monoisotopic (exact) mass is 406 g/mol. The molecular weight excluding hydrogens is 398 g/mol. The summed E-state index contributed by atoms with van der Waals surface area (Å²) in [4.78, 5) is 33.7. The SMILES string of the molecule is O=C(c1ccccc1)C(Cl)(Cl)OOC(Cl)(Cl)C(=O)c1ccccc1. The molecule has 2 rings (SSSR count). The van der Waals surface area contributed by atoms with Gasteiger partial charge in [0.25, 0.3) is 0 Å². The Morgan fingerprint density at radius 1 is 0.625 bits per heavy atom. The van der Waals surface area contributed by atoms with E-state index in [0.717, 1.165) is 0 Å². The molecule has 8 heteroatoms. The predicted octanol–water partition coefficient (Wildman–Crippen LogP) is 4.96. The standard InChI is InChI=1S/C16H10Cl4O4/c17-15(18,13(21)11-7-3-1-4-8-11)23-24-16(19,20)14(22)12-9-5-2-6-10-12/h1-10H. The average molecular weight is 408 g/mol. The Morgan fingerprint density at radius 2 is 0.917 bits per heavy atom. The minimum absolute atomic E-state index is 0.176. The number of Topliss-reactive ketones (excluding diaryl/α,β-unsaturated/α-hetero) is 2. The van der Waals surface area contributed by atoms with Crippen LogP contribution in [0.2, 0.25) is 0 Å². The van der Waals surface area contributed by atoms with Crippen LogP contribution in [0.1, 0.15) is 20.7 Å². The summed E-state index contributed by atoms with van der Waals surface area (Å²) in [6.45, 7) is 0. The van der Waals surface area contributed by atoms with Gasteiger partial charge in [-0.2, -0.15) is 9.78 Å². The highest BCUT2D eigenvalue weighted by molar-refractivity contribution is 6.59. The molecule has 2 aromatic rings. The molecule has 0 aromatic heterocycles. The van der Waals surface area contributed by atoms with Crippen LogP contribution in [-0.4, -0.2) is 20.6 Å². The number of carbonyl (C=O) groups excluding carboxylic acids is 2. The molecule has 0 radical (unpaired) electrons. The van der Waals surface area contributed by atoms with Crippen LogP contribution < -0.4 is 0 Å². The number of carbonyl (C=O) groups is 2. The van der Waals surface area contributed by atoms with E-state index >= 15 is 0 Å². The first kappa shape index (κ1) is 19.2. The van der Waals surface area contributed by atoms with Gasteiger partial charge in [-0.15, -0.1) is 0 Å². The maximum absolute atomic E-state index is 12.2. The first-order valence-electron chi connectivity index (χ1n) is 6.56. The average Bonchev–Trinajstić information content (AvgIpc) is 2.60. The van der Waals surface area contributed by atoms with E-state index in [4.69, 9.17) is 46.4 Å². The minimum Gasteiger partial charge on any atom is -0.288 e. The highest BCUT2D eigenvalue weighted by atomic mass is 35.5. The summed E-state index contributed by atoms with van der Waals surface area (Å²) in [6, 6.07) is 15.8. The van der Waals surface area contributed by atoms with Crippen molar-refractivity contribution in [2.75, 3.05) is 0 Å². The van der Waals surface area contributed by atoms with Gasteiger partial charge in [-0.1, -0.05) is 107 Å². The summed E-state index contributed by atoms with van der Waals surface area (Å²) in [5.41, 5.74) is 0.352. The van der Waals surface area contributed by atoms with E-state index in [1.54, 1.807) is 36.4 Å². The highest BCUT2D eigenvalue weighted by Gasteiger charge is 2.44. The summed E-state index contributed by atoms with van der Waals surface area (Å²) in [6.07, 6.45) is 0. The van der Waals surface area contributed by atoms with E-state index in [0.29, 0.717) is 0 Å². The second-order valence-electron chi connectivity index (χ2n) is 4.59. The lowest BCUT2D eigenvalue weighted by Crippen LogP contribution is -2.36. The van der Waals surface area contributed by atoms with E-state index in [2.05, 4.69) is 9.78 Å². The molecule has 0 amide bonds. The molecule has 0 saturated carbocycles. The quantitative estimate of drug-likeness (QED) is 0.281. The van der Waals surface area contributed by atoms with Gasteiger partial charge >= 0.3 is 9.04 Å². The van der Waals surface area contributed by atoms with Crippen LogP contribution in [-0.2, 0) is 9.78 Å². The van der Waals surface area contributed by atoms with Crippen molar-refractivity contribution in [1.29, 1.82) is 0 Å². The van der Waals surface area contributed by atoms with Crippen molar-refractivity contribution < 1.29 is 19.4 Å². The second kappa shape index (κ2) is 7.83. The zero-order valence-electron chi connectivity index (χ0n) is 11.9. The molecule has 0 saturated heterocycles. The molecule has 0 aliphatic heterocycles. The molecule has 0 heterocycles. The fraction of sp³-hybridized carbons (Fsp3) is 0.125. The minimum atomic E-state index is -2.44. The van der Waals surface area contributed by atoms with Gasteiger partial charge in [-0.25, -0.2) is 0 Å². The van der Waals surface area contributed by atoms with Crippen molar-refractivity contribution in [3.05, 3.63) is 71.8 Å². The number of hydrogen-bond acceptors (Lipinski definition) is 4. The van der Waals surface area contributed by atoms with Crippen molar-refractivity contribution in [2.45, 2.75) is 9.04 Å². The van der Waals surface area contributed by atoms with Gasteiger partial charge in [-0.05, 0) is 0 Å². The summed E-state index contributed by atoms with van der Waals surface area (Å²) in [5.74, 6) is -1.61. The Hall–Kier alpha value is -1.14. The lowest BCUT2D eigenvalue weighted by Gasteiger charge is -2.22. The molecule has 24 heavy (non-hydrogen) atoms. The van der Waals surface area contributed by atoms with Gasteiger partial charge in [-0.3, -0.25) is 9.59 Å². The van der Waals surface area contributed by atoms with Crippen LogP contribution in [0.5, 0.6) is 0 Å². The van der Waals surface area contributed by atoms with E-state index in [1.807, 2.05) is 0 Å². The molecule has 0 aliphatic rings. The zero-order chi connectivity index (χ0) is 17.8.